The summed E-state index contributed by atoms with van der Waals surface area (Å²) in [4.78, 5) is 19.3. The number of piperidine rings is 1. The maximum atomic E-state index is 12.3. The molecule has 0 aliphatic carbocycles. The number of guanidine groups is 1. The van der Waals surface area contributed by atoms with Gasteiger partial charge in [0.15, 0.2) is 5.96 Å². The lowest BCUT2D eigenvalue weighted by Crippen LogP contribution is -2.58. The van der Waals surface area contributed by atoms with Gasteiger partial charge in [0.2, 0.25) is 0 Å². The average molecular weight is 412 g/mol. The van der Waals surface area contributed by atoms with Crippen molar-refractivity contribution in [3.05, 3.63) is 0 Å². The second-order valence-corrected chi connectivity index (χ2v) is 9.65. The molecule has 1 aliphatic rings. The Balaban J connectivity index is 2.56. The van der Waals surface area contributed by atoms with Gasteiger partial charge in [0.1, 0.15) is 5.60 Å². The highest BCUT2D eigenvalue weighted by molar-refractivity contribution is 5.80. The number of carbonyl (C=O) groups is 1. The number of alkyl carbamates (subject to hydrolysis) is 1. The van der Waals surface area contributed by atoms with Gasteiger partial charge in [-0.1, -0.05) is 27.7 Å². The smallest absolute Gasteiger partial charge is 0.408 e. The van der Waals surface area contributed by atoms with E-state index >= 15 is 0 Å². The van der Waals surface area contributed by atoms with E-state index in [9.17, 15) is 4.79 Å². The van der Waals surface area contributed by atoms with Gasteiger partial charge >= 0.3 is 6.09 Å². The molecule has 0 saturated carbocycles. The summed E-state index contributed by atoms with van der Waals surface area (Å²) in [6.07, 6.45) is 3.48. The monoisotopic (exact) mass is 411 g/mol. The van der Waals surface area contributed by atoms with E-state index in [0.717, 1.165) is 44.7 Å². The molecule has 0 aromatic heterocycles. The first-order valence-electron chi connectivity index (χ1n) is 11.2. The Morgan fingerprint density at radius 3 is 2.21 bits per heavy atom. The van der Waals surface area contributed by atoms with E-state index in [1.54, 1.807) is 7.05 Å². The molecule has 1 heterocycles. The van der Waals surface area contributed by atoms with E-state index in [0.29, 0.717) is 18.5 Å². The second-order valence-electron chi connectivity index (χ2n) is 9.65. The van der Waals surface area contributed by atoms with Crippen LogP contribution in [0.3, 0.4) is 0 Å². The Labute approximate surface area is 178 Å². The van der Waals surface area contributed by atoms with E-state index < -0.39 is 5.60 Å². The number of carbonyl (C=O) groups excluding carboxylic acids is 1. The summed E-state index contributed by atoms with van der Waals surface area (Å²) in [5.74, 6) is 1.51. The highest BCUT2D eigenvalue weighted by Crippen LogP contribution is 2.17. The summed E-state index contributed by atoms with van der Waals surface area (Å²) in [7, 11) is 1.80. The molecular weight excluding hydrogens is 366 g/mol. The van der Waals surface area contributed by atoms with E-state index in [4.69, 9.17) is 4.74 Å². The first-order chi connectivity index (χ1) is 13.5. The van der Waals surface area contributed by atoms with Crippen molar-refractivity contribution in [1.29, 1.82) is 0 Å². The number of nitrogens with zero attached hydrogens (tertiary/aromatic N) is 2. The molecule has 1 amide bonds. The maximum Gasteiger partial charge on any atom is 0.408 e. The molecule has 0 aromatic carbocycles. The number of hydrogen-bond donors (Lipinski definition) is 3. The van der Waals surface area contributed by atoms with Crippen molar-refractivity contribution in [3.8, 4) is 0 Å². The van der Waals surface area contributed by atoms with Crippen molar-refractivity contribution < 1.29 is 9.53 Å². The van der Waals surface area contributed by atoms with Gasteiger partial charge in [-0.3, -0.25) is 4.99 Å². The molecule has 0 bridgehead atoms. The minimum absolute atomic E-state index is 0.372. The number of rotatable bonds is 8. The van der Waals surface area contributed by atoms with Crippen LogP contribution in [0.4, 0.5) is 4.79 Å². The third-order valence-corrected chi connectivity index (χ3v) is 5.49. The highest BCUT2D eigenvalue weighted by atomic mass is 16.6. The predicted molar refractivity (Wildman–Crippen MR) is 121 cm³/mol. The van der Waals surface area contributed by atoms with Crippen LogP contribution < -0.4 is 16.0 Å². The molecule has 1 fully saturated rings. The Morgan fingerprint density at radius 2 is 1.76 bits per heavy atom. The van der Waals surface area contributed by atoms with Crippen LogP contribution in [0.5, 0.6) is 0 Å². The first-order valence-corrected chi connectivity index (χ1v) is 11.2. The van der Waals surface area contributed by atoms with Gasteiger partial charge in [0.05, 0.1) is 5.54 Å². The third kappa shape index (κ3) is 9.70. The van der Waals surface area contributed by atoms with Crippen LogP contribution in [0.1, 0.15) is 74.1 Å². The van der Waals surface area contributed by atoms with Gasteiger partial charge in [0.25, 0.3) is 0 Å². The van der Waals surface area contributed by atoms with Gasteiger partial charge in [-0.25, -0.2) is 4.79 Å². The Bertz CT molecular complexity index is 516. The van der Waals surface area contributed by atoms with Crippen LogP contribution in [0.25, 0.3) is 0 Å². The van der Waals surface area contributed by atoms with Crippen LogP contribution >= 0.6 is 0 Å². The molecule has 3 N–H and O–H groups in total. The topological polar surface area (TPSA) is 78.0 Å². The first kappa shape index (κ1) is 25.5. The number of likely N-dealkylation sites (tertiary alicyclic amines) is 1. The van der Waals surface area contributed by atoms with E-state index in [2.05, 4.69) is 53.5 Å². The predicted octanol–water partition coefficient (Wildman–Crippen LogP) is 3.36. The molecule has 29 heavy (non-hydrogen) atoms. The molecule has 0 radical (unpaired) electrons. The summed E-state index contributed by atoms with van der Waals surface area (Å²) in [6.45, 7) is 18.4. The number of ether oxygens (including phenoxy) is 1. The minimum atomic E-state index is -0.507. The molecule has 0 atom stereocenters. The van der Waals surface area contributed by atoms with Gasteiger partial charge in [-0.2, -0.15) is 0 Å². The van der Waals surface area contributed by atoms with Crippen LogP contribution in [-0.2, 0) is 4.74 Å². The summed E-state index contributed by atoms with van der Waals surface area (Å²) < 4.78 is 5.46. The standard InChI is InChI=1S/C22H45N5O2/c1-9-22(10-2,26-20(28)29-21(5,6)7)16-24-19(23-8)25-18-11-13-27(14-12-18)15-17(3)4/h17-18H,9-16H2,1-8H3,(H,26,28)(H2,23,24,25). The van der Waals surface area contributed by atoms with Crippen molar-refractivity contribution in [2.75, 3.05) is 33.2 Å². The minimum Gasteiger partial charge on any atom is -0.444 e. The third-order valence-electron chi connectivity index (χ3n) is 5.49. The van der Waals surface area contributed by atoms with Crippen molar-refractivity contribution in [3.63, 3.8) is 0 Å². The number of aliphatic imine (C=N–C) groups is 1. The summed E-state index contributed by atoms with van der Waals surface area (Å²) in [5.41, 5.74) is -0.882. The van der Waals surface area contributed by atoms with Crippen molar-refractivity contribution in [2.24, 2.45) is 10.9 Å². The van der Waals surface area contributed by atoms with Gasteiger partial charge in [-0.05, 0) is 52.4 Å². The largest absolute Gasteiger partial charge is 0.444 e. The number of nitrogens with one attached hydrogen (secondary N) is 3. The molecule has 1 saturated heterocycles. The van der Waals surface area contributed by atoms with Crippen LogP contribution in [-0.4, -0.2) is 67.4 Å². The van der Waals surface area contributed by atoms with Gasteiger partial charge in [0, 0.05) is 39.3 Å². The van der Waals surface area contributed by atoms with E-state index in [1.165, 1.54) is 6.54 Å². The Kier molecular flexibility index (Phi) is 10.2. The highest BCUT2D eigenvalue weighted by Gasteiger charge is 2.31. The molecular formula is C22H45N5O2. The molecule has 0 unspecified atom stereocenters. The average Bonchev–Trinajstić information content (AvgIpc) is 2.63. The molecule has 7 nitrogen and oxygen atoms in total. The molecule has 7 heteroatoms. The van der Waals surface area contributed by atoms with E-state index in [-0.39, 0.29) is 11.6 Å². The molecule has 170 valence electrons. The maximum absolute atomic E-state index is 12.3. The summed E-state index contributed by atoms with van der Waals surface area (Å²) >= 11 is 0. The lowest BCUT2D eigenvalue weighted by Gasteiger charge is -2.36. The molecule has 1 aliphatic heterocycles. The number of amides is 1. The summed E-state index contributed by atoms with van der Waals surface area (Å²) in [5, 5.41) is 10.1. The van der Waals surface area contributed by atoms with Gasteiger partial charge < -0.3 is 25.6 Å². The Hall–Kier alpha value is -1.50. The zero-order valence-corrected chi connectivity index (χ0v) is 20.0. The normalized spacial score (nSPS) is 17.3. The fourth-order valence-corrected chi connectivity index (χ4v) is 3.66. The lowest BCUT2D eigenvalue weighted by molar-refractivity contribution is 0.0448. The van der Waals surface area contributed by atoms with Crippen molar-refractivity contribution in [2.45, 2.75) is 91.3 Å². The zero-order chi connectivity index (χ0) is 22.1. The second kappa shape index (κ2) is 11.6. The summed E-state index contributed by atoms with van der Waals surface area (Å²) in [6, 6.07) is 0.432. The number of hydrogen-bond acceptors (Lipinski definition) is 4. The van der Waals surface area contributed by atoms with Gasteiger partial charge in [-0.15, -0.1) is 0 Å². The van der Waals surface area contributed by atoms with Crippen molar-refractivity contribution >= 4 is 12.1 Å². The van der Waals surface area contributed by atoms with Crippen LogP contribution in [0.15, 0.2) is 4.99 Å². The van der Waals surface area contributed by atoms with Crippen molar-refractivity contribution in [1.82, 2.24) is 20.9 Å². The van der Waals surface area contributed by atoms with Crippen LogP contribution in [0.2, 0.25) is 0 Å². The molecule has 1 rings (SSSR count). The lowest BCUT2D eigenvalue weighted by atomic mass is 9.93. The molecule has 0 aromatic rings. The SMILES string of the molecule is CCC(CC)(CNC(=NC)NC1CCN(CC(C)C)CC1)NC(=O)OC(C)(C)C. The Morgan fingerprint density at radius 1 is 1.17 bits per heavy atom. The molecule has 0 spiro atoms. The zero-order valence-electron chi connectivity index (χ0n) is 20.0. The quantitative estimate of drug-likeness (QED) is 0.422. The fraction of sp³-hybridized carbons (Fsp3) is 0.909. The fourth-order valence-electron chi connectivity index (χ4n) is 3.66. The van der Waals surface area contributed by atoms with E-state index in [1.807, 2.05) is 20.8 Å². The van der Waals surface area contributed by atoms with Crippen LogP contribution in [0, 0.1) is 5.92 Å².